The fraction of sp³-hybridized carbons (Fsp3) is 0.368. The maximum Gasteiger partial charge on any atom is 0.109 e. The number of nitrogens with one attached hydrogen (secondary N) is 1. The average molecular weight is 308 g/mol. The Morgan fingerprint density at radius 1 is 1.09 bits per heavy atom. The molecule has 0 saturated carbocycles. The van der Waals surface area contributed by atoms with E-state index >= 15 is 0 Å². The highest BCUT2D eigenvalue weighted by Crippen LogP contribution is 2.30. The van der Waals surface area contributed by atoms with Crippen molar-refractivity contribution in [2.24, 2.45) is 5.92 Å². The molecule has 0 fully saturated rings. The Kier molecular flexibility index (Phi) is 4.33. The summed E-state index contributed by atoms with van der Waals surface area (Å²) in [7, 11) is 0. The maximum atomic E-state index is 4.82. The summed E-state index contributed by atoms with van der Waals surface area (Å²) in [6.07, 6.45) is 4.00. The molecule has 1 aromatic carbocycles. The van der Waals surface area contributed by atoms with Gasteiger partial charge in [-0.3, -0.25) is 0 Å². The van der Waals surface area contributed by atoms with Gasteiger partial charge in [0.25, 0.3) is 0 Å². The predicted molar refractivity (Wildman–Crippen MR) is 94.2 cm³/mol. The zero-order chi connectivity index (χ0) is 16.4. The summed E-state index contributed by atoms with van der Waals surface area (Å²) >= 11 is 0. The molecule has 2 aromatic heterocycles. The second-order valence-electron chi connectivity index (χ2n) is 6.72. The molecule has 1 N–H and O–H groups in total. The zero-order valence-electron chi connectivity index (χ0n) is 14.2. The van der Waals surface area contributed by atoms with Gasteiger partial charge in [-0.05, 0) is 5.92 Å². The summed E-state index contributed by atoms with van der Waals surface area (Å²) in [4.78, 5) is 12.9. The van der Waals surface area contributed by atoms with Crippen molar-refractivity contribution in [1.82, 2.24) is 19.5 Å². The van der Waals surface area contributed by atoms with Gasteiger partial charge in [-0.15, -0.1) is 0 Å². The van der Waals surface area contributed by atoms with Crippen LogP contribution in [0.1, 0.15) is 39.4 Å². The Hall–Kier alpha value is -2.36. The minimum Gasteiger partial charge on any atom is -0.340 e. The molecule has 0 spiro atoms. The van der Waals surface area contributed by atoms with Crippen molar-refractivity contribution in [2.75, 3.05) is 0 Å². The van der Waals surface area contributed by atoms with Crippen LogP contribution in [0, 0.1) is 5.92 Å². The Labute approximate surface area is 137 Å². The summed E-state index contributed by atoms with van der Waals surface area (Å²) in [5.41, 5.74) is 4.04. The summed E-state index contributed by atoms with van der Waals surface area (Å²) in [6, 6.07) is 10.3. The third-order valence-electron chi connectivity index (χ3n) is 3.78. The topological polar surface area (TPSA) is 46.5 Å². The van der Waals surface area contributed by atoms with Gasteiger partial charge >= 0.3 is 0 Å². The molecule has 0 unspecified atom stereocenters. The van der Waals surface area contributed by atoms with Gasteiger partial charge in [0.15, 0.2) is 0 Å². The molecule has 0 amide bonds. The smallest absolute Gasteiger partial charge is 0.109 e. The van der Waals surface area contributed by atoms with E-state index in [0.29, 0.717) is 11.8 Å². The fourth-order valence-corrected chi connectivity index (χ4v) is 2.67. The van der Waals surface area contributed by atoms with Crippen LogP contribution in [0.15, 0.2) is 42.9 Å². The number of benzene rings is 1. The van der Waals surface area contributed by atoms with Crippen molar-refractivity contribution in [1.29, 1.82) is 0 Å². The van der Waals surface area contributed by atoms with Gasteiger partial charge in [-0.1, -0.05) is 58.0 Å². The number of aromatic amines is 1. The van der Waals surface area contributed by atoms with Gasteiger partial charge in [0.05, 0.1) is 17.7 Å². The van der Waals surface area contributed by atoms with Crippen LogP contribution in [0.2, 0.25) is 0 Å². The van der Waals surface area contributed by atoms with Crippen LogP contribution < -0.4 is 0 Å². The van der Waals surface area contributed by atoms with E-state index in [4.69, 9.17) is 4.98 Å². The van der Waals surface area contributed by atoms with Crippen molar-refractivity contribution in [3.63, 3.8) is 0 Å². The lowest BCUT2D eigenvalue weighted by atomic mass is 10.1. The average Bonchev–Trinajstić information content (AvgIpc) is 3.14. The second-order valence-corrected chi connectivity index (χ2v) is 6.72. The quantitative estimate of drug-likeness (QED) is 0.741. The van der Waals surface area contributed by atoms with Crippen molar-refractivity contribution in [2.45, 2.75) is 40.2 Å². The van der Waals surface area contributed by atoms with Crippen LogP contribution in [0.4, 0.5) is 0 Å². The summed E-state index contributed by atoms with van der Waals surface area (Å²) in [5.74, 6) is 1.94. The van der Waals surface area contributed by atoms with Crippen molar-refractivity contribution in [3.05, 3.63) is 48.7 Å². The van der Waals surface area contributed by atoms with E-state index in [1.165, 1.54) is 0 Å². The molecular formula is C19H24N4. The number of nitrogens with zero attached hydrogens (tertiary/aromatic N) is 3. The standard InChI is InChI=1S/C19H24N4/c1-13(2)10-23-11-16(20-12-23)18-17(15-8-6-5-7-9-15)21-19(22-18)14(3)4/h5-9,11-14H,10H2,1-4H3,(H,21,22). The minimum absolute atomic E-state index is 0.351. The first kappa shape index (κ1) is 15.5. The number of imidazole rings is 2. The molecule has 120 valence electrons. The number of hydrogen-bond donors (Lipinski definition) is 1. The van der Waals surface area contributed by atoms with Crippen molar-refractivity contribution >= 4 is 0 Å². The highest BCUT2D eigenvalue weighted by atomic mass is 15.1. The highest BCUT2D eigenvalue weighted by molar-refractivity contribution is 5.76. The highest BCUT2D eigenvalue weighted by Gasteiger charge is 2.17. The first-order valence-corrected chi connectivity index (χ1v) is 8.22. The van der Waals surface area contributed by atoms with E-state index in [1.54, 1.807) is 0 Å². The number of H-pyrrole nitrogens is 1. The van der Waals surface area contributed by atoms with Crippen LogP contribution in [0.5, 0.6) is 0 Å². The summed E-state index contributed by atoms with van der Waals surface area (Å²) < 4.78 is 2.14. The van der Waals surface area contributed by atoms with E-state index in [9.17, 15) is 0 Å². The first-order valence-electron chi connectivity index (χ1n) is 8.22. The van der Waals surface area contributed by atoms with Gasteiger partial charge in [0.1, 0.15) is 11.5 Å². The zero-order valence-corrected chi connectivity index (χ0v) is 14.2. The lowest BCUT2D eigenvalue weighted by molar-refractivity contribution is 0.523. The second kappa shape index (κ2) is 6.41. The molecule has 0 aliphatic carbocycles. The van der Waals surface area contributed by atoms with Gasteiger partial charge in [-0.2, -0.15) is 0 Å². The molecule has 3 rings (SSSR count). The molecule has 0 aliphatic heterocycles. The maximum absolute atomic E-state index is 4.82. The van der Waals surface area contributed by atoms with Gasteiger partial charge < -0.3 is 9.55 Å². The van der Waals surface area contributed by atoms with Crippen LogP contribution in [0.3, 0.4) is 0 Å². The molecule has 0 saturated heterocycles. The third kappa shape index (κ3) is 3.36. The predicted octanol–water partition coefficient (Wildman–Crippen LogP) is 4.72. The first-order chi connectivity index (χ1) is 11.0. The SMILES string of the molecule is CC(C)Cn1cnc(-c2[nH]c(C(C)C)nc2-c2ccccc2)c1. The molecule has 0 radical (unpaired) electrons. The molecule has 0 aliphatic rings. The molecule has 4 nitrogen and oxygen atoms in total. The Bertz CT molecular complexity index is 766. The van der Waals surface area contributed by atoms with Crippen LogP contribution in [0.25, 0.3) is 22.6 Å². The van der Waals surface area contributed by atoms with Gasteiger partial charge in [-0.25, -0.2) is 9.97 Å². The van der Waals surface area contributed by atoms with E-state index < -0.39 is 0 Å². The van der Waals surface area contributed by atoms with Crippen molar-refractivity contribution in [3.8, 4) is 22.6 Å². The summed E-state index contributed by atoms with van der Waals surface area (Å²) in [6.45, 7) is 9.69. The third-order valence-corrected chi connectivity index (χ3v) is 3.78. The number of hydrogen-bond acceptors (Lipinski definition) is 2. The van der Waals surface area contributed by atoms with E-state index in [1.807, 2.05) is 24.5 Å². The van der Waals surface area contributed by atoms with E-state index in [-0.39, 0.29) is 0 Å². The fourth-order valence-electron chi connectivity index (χ4n) is 2.67. The molecule has 4 heteroatoms. The Morgan fingerprint density at radius 3 is 2.48 bits per heavy atom. The molecule has 2 heterocycles. The van der Waals surface area contributed by atoms with Crippen LogP contribution in [-0.2, 0) is 6.54 Å². The van der Waals surface area contributed by atoms with E-state index in [2.05, 4.69) is 60.6 Å². The normalized spacial score (nSPS) is 11.6. The van der Waals surface area contributed by atoms with Crippen molar-refractivity contribution < 1.29 is 0 Å². The van der Waals surface area contributed by atoms with Crippen LogP contribution >= 0.6 is 0 Å². The Balaban J connectivity index is 2.05. The minimum atomic E-state index is 0.351. The number of rotatable bonds is 5. The largest absolute Gasteiger partial charge is 0.340 e. The Morgan fingerprint density at radius 2 is 1.83 bits per heavy atom. The molecule has 23 heavy (non-hydrogen) atoms. The van der Waals surface area contributed by atoms with Gasteiger partial charge in [0, 0.05) is 24.2 Å². The van der Waals surface area contributed by atoms with E-state index in [0.717, 1.165) is 35.0 Å². The van der Waals surface area contributed by atoms with Gasteiger partial charge in [0.2, 0.25) is 0 Å². The monoisotopic (exact) mass is 308 g/mol. The van der Waals surface area contributed by atoms with Crippen LogP contribution in [-0.4, -0.2) is 19.5 Å². The molecule has 0 atom stereocenters. The summed E-state index contributed by atoms with van der Waals surface area (Å²) in [5, 5.41) is 0. The number of aromatic nitrogens is 4. The lowest BCUT2D eigenvalue weighted by Gasteiger charge is -2.04. The molecule has 0 bridgehead atoms. The molecule has 3 aromatic rings. The molecular weight excluding hydrogens is 284 g/mol. The lowest BCUT2D eigenvalue weighted by Crippen LogP contribution is -2.01.